The monoisotopic (exact) mass is 216 g/mol. The van der Waals surface area contributed by atoms with Gasteiger partial charge in [0.05, 0.1) is 6.61 Å². The van der Waals surface area contributed by atoms with Crippen molar-refractivity contribution in [3.8, 4) is 0 Å². The Bertz CT molecular complexity index is 197. The first-order valence-electron chi connectivity index (χ1n) is 5.24. The molecular weight excluding hydrogens is 196 g/mol. The van der Waals surface area contributed by atoms with E-state index in [-0.39, 0.29) is 0 Å². The number of rotatable bonds is 4. The van der Waals surface area contributed by atoms with Crippen LogP contribution in [0.3, 0.4) is 0 Å². The second-order valence-electron chi connectivity index (χ2n) is 3.77. The van der Waals surface area contributed by atoms with Crippen LogP contribution in [0.4, 0.5) is 0 Å². The summed E-state index contributed by atoms with van der Waals surface area (Å²) < 4.78 is 5.33. The predicted molar refractivity (Wildman–Crippen MR) is 63.0 cm³/mol. The van der Waals surface area contributed by atoms with Gasteiger partial charge in [0.15, 0.2) is 5.17 Å². The third kappa shape index (κ3) is 4.33. The van der Waals surface area contributed by atoms with E-state index in [1.54, 1.807) is 0 Å². The lowest BCUT2D eigenvalue weighted by atomic mass is 10.2. The molecule has 0 bridgehead atoms. The summed E-state index contributed by atoms with van der Waals surface area (Å²) >= 11 is 1.82. The van der Waals surface area contributed by atoms with E-state index in [1.165, 1.54) is 5.75 Å². The normalized spacial score (nSPS) is 24.2. The minimum absolute atomic E-state index is 0.356. The maximum Gasteiger partial charge on any atom is 0.156 e. The SMILES string of the molecule is CCOCC(C)NC1=NCC(C)CS1. The molecule has 1 heterocycles. The van der Waals surface area contributed by atoms with Crippen LogP contribution in [0.1, 0.15) is 20.8 Å². The number of thioether (sulfide) groups is 1. The molecule has 0 saturated carbocycles. The summed E-state index contributed by atoms with van der Waals surface area (Å²) in [6.45, 7) is 8.86. The highest BCUT2D eigenvalue weighted by Gasteiger charge is 2.13. The summed E-state index contributed by atoms with van der Waals surface area (Å²) in [6.07, 6.45) is 0. The van der Waals surface area contributed by atoms with Crippen LogP contribution >= 0.6 is 11.8 Å². The van der Waals surface area contributed by atoms with Gasteiger partial charge in [-0.25, -0.2) is 0 Å². The number of hydrogen-bond acceptors (Lipinski definition) is 4. The molecule has 0 amide bonds. The van der Waals surface area contributed by atoms with Gasteiger partial charge in [-0.05, 0) is 19.8 Å². The van der Waals surface area contributed by atoms with Crippen LogP contribution in [0.5, 0.6) is 0 Å². The van der Waals surface area contributed by atoms with Crippen molar-refractivity contribution in [1.29, 1.82) is 0 Å². The molecule has 0 aromatic rings. The van der Waals surface area contributed by atoms with Crippen molar-refractivity contribution in [2.45, 2.75) is 26.8 Å². The van der Waals surface area contributed by atoms with E-state index in [2.05, 4.69) is 24.2 Å². The van der Waals surface area contributed by atoms with Crippen molar-refractivity contribution in [3.63, 3.8) is 0 Å². The van der Waals surface area contributed by atoms with E-state index in [1.807, 2.05) is 18.7 Å². The quantitative estimate of drug-likeness (QED) is 0.777. The second kappa shape index (κ2) is 6.30. The molecule has 2 unspecified atom stereocenters. The third-order valence-electron chi connectivity index (χ3n) is 1.99. The van der Waals surface area contributed by atoms with E-state index in [9.17, 15) is 0 Å². The Hall–Kier alpha value is -0.220. The van der Waals surface area contributed by atoms with Gasteiger partial charge in [-0.1, -0.05) is 18.7 Å². The second-order valence-corrected chi connectivity index (χ2v) is 4.78. The van der Waals surface area contributed by atoms with Crippen LogP contribution in [-0.2, 0) is 4.74 Å². The Morgan fingerprint density at radius 1 is 1.71 bits per heavy atom. The van der Waals surface area contributed by atoms with Gasteiger partial charge in [0.25, 0.3) is 0 Å². The Labute approximate surface area is 90.7 Å². The lowest BCUT2D eigenvalue weighted by molar-refractivity contribution is 0.133. The number of aliphatic imine (C=N–C) groups is 1. The van der Waals surface area contributed by atoms with Crippen LogP contribution in [-0.4, -0.2) is 36.7 Å². The van der Waals surface area contributed by atoms with Crippen LogP contribution in [0.25, 0.3) is 0 Å². The zero-order chi connectivity index (χ0) is 10.4. The van der Waals surface area contributed by atoms with E-state index in [0.717, 1.165) is 24.9 Å². The molecule has 0 saturated heterocycles. The number of ether oxygens (including phenoxy) is 1. The maximum atomic E-state index is 5.33. The third-order valence-corrected chi connectivity index (χ3v) is 3.25. The zero-order valence-corrected chi connectivity index (χ0v) is 10.1. The van der Waals surface area contributed by atoms with Gasteiger partial charge in [-0.2, -0.15) is 0 Å². The minimum atomic E-state index is 0.356. The average molecular weight is 216 g/mol. The fourth-order valence-corrected chi connectivity index (χ4v) is 2.19. The molecule has 14 heavy (non-hydrogen) atoms. The summed E-state index contributed by atoms with van der Waals surface area (Å²) in [5.41, 5.74) is 0. The summed E-state index contributed by atoms with van der Waals surface area (Å²) in [5, 5.41) is 4.44. The molecule has 3 nitrogen and oxygen atoms in total. The first kappa shape index (κ1) is 11.9. The van der Waals surface area contributed by atoms with E-state index < -0.39 is 0 Å². The molecule has 0 fully saturated rings. The van der Waals surface area contributed by atoms with Gasteiger partial charge in [0.2, 0.25) is 0 Å². The molecule has 0 aromatic carbocycles. The van der Waals surface area contributed by atoms with Gasteiger partial charge in [-0.15, -0.1) is 0 Å². The Balaban J connectivity index is 2.23. The molecule has 0 radical (unpaired) electrons. The summed E-state index contributed by atoms with van der Waals surface area (Å²) in [7, 11) is 0. The number of amidine groups is 1. The molecule has 1 aliphatic heterocycles. The first-order valence-corrected chi connectivity index (χ1v) is 6.22. The highest BCUT2D eigenvalue weighted by atomic mass is 32.2. The first-order chi connectivity index (χ1) is 6.72. The number of nitrogens with zero attached hydrogens (tertiary/aromatic N) is 1. The standard InChI is InChI=1S/C10H20N2OS/c1-4-13-6-9(3)12-10-11-5-8(2)7-14-10/h8-9H,4-7H2,1-3H3,(H,11,12). The van der Waals surface area contributed by atoms with Gasteiger partial charge in [0, 0.05) is 24.9 Å². The molecular formula is C10H20N2OS. The largest absolute Gasteiger partial charge is 0.380 e. The molecule has 1 rings (SSSR count). The van der Waals surface area contributed by atoms with Crippen molar-refractivity contribution >= 4 is 16.9 Å². The van der Waals surface area contributed by atoms with Crippen molar-refractivity contribution < 1.29 is 4.74 Å². The Morgan fingerprint density at radius 3 is 3.07 bits per heavy atom. The maximum absolute atomic E-state index is 5.33. The molecule has 0 spiro atoms. The minimum Gasteiger partial charge on any atom is -0.380 e. The number of nitrogens with one attached hydrogen (secondary N) is 1. The smallest absolute Gasteiger partial charge is 0.156 e. The van der Waals surface area contributed by atoms with Crippen LogP contribution < -0.4 is 5.32 Å². The summed E-state index contributed by atoms with van der Waals surface area (Å²) in [5.74, 6) is 1.89. The fraction of sp³-hybridized carbons (Fsp3) is 0.900. The zero-order valence-electron chi connectivity index (χ0n) is 9.25. The van der Waals surface area contributed by atoms with Gasteiger partial charge in [0.1, 0.15) is 0 Å². The molecule has 82 valence electrons. The van der Waals surface area contributed by atoms with Crippen LogP contribution in [0.2, 0.25) is 0 Å². The Morgan fingerprint density at radius 2 is 2.50 bits per heavy atom. The van der Waals surface area contributed by atoms with Crippen LogP contribution in [0.15, 0.2) is 4.99 Å². The van der Waals surface area contributed by atoms with Gasteiger partial charge >= 0.3 is 0 Å². The van der Waals surface area contributed by atoms with Gasteiger partial charge < -0.3 is 10.1 Å². The van der Waals surface area contributed by atoms with E-state index in [4.69, 9.17) is 4.74 Å². The molecule has 1 N–H and O–H groups in total. The molecule has 0 aliphatic carbocycles. The highest BCUT2D eigenvalue weighted by molar-refractivity contribution is 8.13. The molecule has 4 heteroatoms. The predicted octanol–water partition coefficient (Wildman–Crippen LogP) is 1.74. The lowest BCUT2D eigenvalue weighted by Gasteiger charge is -2.21. The van der Waals surface area contributed by atoms with Crippen molar-refractivity contribution in [2.24, 2.45) is 10.9 Å². The topological polar surface area (TPSA) is 33.6 Å². The van der Waals surface area contributed by atoms with Crippen molar-refractivity contribution in [3.05, 3.63) is 0 Å². The number of hydrogen-bond donors (Lipinski definition) is 1. The lowest BCUT2D eigenvalue weighted by Crippen LogP contribution is -2.36. The average Bonchev–Trinajstić information content (AvgIpc) is 2.18. The summed E-state index contributed by atoms with van der Waals surface area (Å²) in [6, 6.07) is 0.356. The van der Waals surface area contributed by atoms with Crippen molar-refractivity contribution in [2.75, 3.05) is 25.5 Å². The van der Waals surface area contributed by atoms with E-state index >= 15 is 0 Å². The van der Waals surface area contributed by atoms with Crippen molar-refractivity contribution in [1.82, 2.24) is 5.32 Å². The molecule has 0 aromatic heterocycles. The van der Waals surface area contributed by atoms with E-state index in [0.29, 0.717) is 12.0 Å². The molecule has 2 atom stereocenters. The highest BCUT2D eigenvalue weighted by Crippen LogP contribution is 2.15. The fourth-order valence-electron chi connectivity index (χ4n) is 1.19. The Kier molecular flexibility index (Phi) is 5.33. The molecule has 1 aliphatic rings. The van der Waals surface area contributed by atoms with Crippen LogP contribution in [0, 0.1) is 5.92 Å². The summed E-state index contributed by atoms with van der Waals surface area (Å²) in [4.78, 5) is 4.47. The van der Waals surface area contributed by atoms with Gasteiger partial charge in [-0.3, -0.25) is 4.99 Å².